The maximum atomic E-state index is 13.9. The summed E-state index contributed by atoms with van der Waals surface area (Å²) in [5.74, 6) is 1.57. The lowest BCUT2D eigenvalue weighted by atomic mass is 10.1. The first kappa shape index (κ1) is 42.4. The fourth-order valence-electron chi connectivity index (χ4n) is 6.88. The van der Waals surface area contributed by atoms with E-state index in [9.17, 15) is 22.5 Å². The summed E-state index contributed by atoms with van der Waals surface area (Å²) in [4.78, 5) is 24.6. The summed E-state index contributed by atoms with van der Waals surface area (Å²) in [7, 11) is -2.32. The smallest absolute Gasteiger partial charge is 0.416 e. The van der Waals surface area contributed by atoms with E-state index in [1.807, 2.05) is 68.4 Å². The van der Waals surface area contributed by atoms with Crippen molar-refractivity contribution in [1.82, 2.24) is 24.6 Å². The fourth-order valence-corrected chi connectivity index (χ4v) is 7.95. The van der Waals surface area contributed by atoms with Gasteiger partial charge in [0.15, 0.2) is 0 Å². The van der Waals surface area contributed by atoms with E-state index in [2.05, 4.69) is 25.5 Å². The van der Waals surface area contributed by atoms with E-state index in [1.165, 1.54) is 6.20 Å². The number of alkyl halides is 3. The predicted octanol–water partition coefficient (Wildman–Crippen LogP) is 9.82. The van der Waals surface area contributed by atoms with Crippen molar-refractivity contribution in [2.24, 2.45) is 0 Å². The van der Waals surface area contributed by atoms with E-state index in [0.29, 0.717) is 59.5 Å². The summed E-state index contributed by atoms with van der Waals surface area (Å²) in [5, 5.41) is 12.1. The third kappa shape index (κ3) is 11.1. The molecule has 314 valence electrons. The summed E-state index contributed by atoms with van der Waals surface area (Å²) in [5.41, 5.74) is 2.47. The average molecular weight is 842 g/mol. The minimum atomic E-state index is -4.57. The molecule has 0 bridgehead atoms. The number of amides is 2. The predicted molar refractivity (Wildman–Crippen MR) is 227 cm³/mol. The lowest BCUT2D eigenvalue weighted by molar-refractivity contribution is -0.137. The molecule has 60 heavy (non-hydrogen) atoms. The zero-order valence-electron chi connectivity index (χ0n) is 33.8. The largest absolute Gasteiger partial charge is 0.492 e. The number of ether oxygens (including phenoxy) is 3. The number of urea groups is 1. The van der Waals surface area contributed by atoms with Gasteiger partial charge in [-0.3, -0.25) is 10.2 Å². The first-order valence-electron chi connectivity index (χ1n) is 19.6. The van der Waals surface area contributed by atoms with Gasteiger partial charge < -0.3 is 24.1 Å². The molecule has 2 amide bonds. The number of nitrogens with zero attached hydrogens (tertiary/aromatic N) is 5. The van der Waals surface area contributed by atoms with Gasteiger partial charge in [-0.2, -0.15) is 23.3 Å². The molecule has 12 nitrogen and oxygen atoms in total. The number of morpholine rings is 1. The van der Waals surface area contributed by atoms with Crippen LogP contribution in [0.4, 0.5) is 29.5 Å². The second-order valence-electron chi connectivity index (χ2n) is 15.4. The summed E-state index contributed by atoms with van der Waals surface area (Å²) in [6, 6.07) is 25.0. The Balaban J connectivity index is 1.07. The maximum Gasteiger partial charge on any atom is 0.416 e. The number of anilines is 2. The molecule has 1 saturated heterocycles. The van der Waals surface area contributed by atoms with Crippen LogP contribution in [0.3, 0.4) is 0 Å². The number of rotatable bonds is 14. The Kier molecular flexibility index (Phi) is 12.9. The number of carbonyl (C=O) groups excluding carboxylic acids is 1. The van der Waals surface area contributed by atoms with E-state index in [-0.39, 0.29) is 36.4 Å². The number of hydrogen-bond acceptors (Lipinski definition) is 9. The van der Waals surface area contributed by atoms with Gasteiger partial charge in [-0.05, 0) is 72.8 Å². The van der Waals surface area contributed by atoms with Crippen molar-refractivity contribution in [2.45, 2.75) is 38.5 Å². The zero-order chi connectivity index (χ0) is 42.4. The Hall–Kier alpha value is -5.76. The second kappa shape index (κ2) is 18.2. The third-order valence-corrected chi connectivity index (χ3v) is 10.9. The molecule has 0 spiro atoms. The van der Waals surface area contributed by atoms with E-state index in [0.717, 1.165) is 42.2 Å². The van der Waals surface area contributed by atoms with Crippen LogP contribution in [0.1, 0.15) is 48.0 Å². The van der Waals surface area contributed by atoms with Gasteiger partial charge in [-0.25, -0.2) is 14.5 Å². The second-order valence-corrected chi connectivity index (χ2v) is 18.9. The Morgan fingerprint density at radius 2 is 1.70 bits per heavy atom. The van der Waals surface area contributed by atoms with E-state index in [1.54, 1.807) is 42.3 Å². The molecule has 0 aliphatic carbocycles. The third-order valence-electron chi connectivity index (χ3n) is 9.74. The number of halogens is 3. The molecule has 16 heteroatoms. The van der Waals surface area contributed by atoms with E-state index < -0.39 is 24.9 Å². The number of carbonyl (C=O) groups is 1. The van der Waals surface area contributed by atoms with Crippen LogP contribution in [0.5, 0.6) is 17.4 Å². The van der Waals surface area contributed by atoms with Gasteiger partial charge >= 0.3 is 12.2 Å². The van der Waals surface area contributed by atoms with Gasteiger partial charge in [-0.15, -0.1) is 0 Å². The first-order valence-corrected chi connectivity index (χ1v) is 22.4. The Morgan fingerprint density at radius 3 is 2.45 bits per heavy atom. The van der Waals surface area contributed by atoms with Crippen LogP contribution in [0.2, 0.25) is 0 Å². The van der Waals surface area contributed by atoms with Crippen molar-refractivity contribution in [3.05, 3.63) is 125 Å². The number of fused-ring (bicyclic) bond motifs is 1. The van der Waals surface area contributed by atoms with Crippen molar-refractivity contribution in [1.29, 1.82) is 0 Å². The highest BCUT2D eigenvalue weighted by Crippen LogP contribution is 2.41. The Bertz CT molecular complexity index is 2520. The molecule has 4 aromatic carbocycles. The number of nitrogens with one attached hydrogen (secondary N) is 2. The number of benzene rings is 4. The molecule has 0 atom stereocenters. The van der Waals surface area contributed by atoms with Crippen LogP contribution in [0.15, 0.2) is 97.2 Å². The van der Waals surface area contributed by atoms with Crippen LogP contribution >= 0.6 is 7.14 Å². The molecule has 7 rings (SSSR count). The summed E-state index contributed by atoms with van der Waals surface area (Å²) in [6.45, 7) is 11.1. The molecule has 2 aromatic heterocycles. The van der Waals surface area contributed by atoms with Gasteiger partial charge in [-0.1, -0.05) is 50.2 Å². The van der Waals surface area contributed by atoms with Crippen LogP contribution in [0, 0.1) is 0 Å². The lowest BCUT2D eigenvalue weighted by Crippen LogP contribution is -2.38. The lowest BCUT2D eigenvalue weighted by Gasteiger charge is -2.26. The van der Waals surface area contributed by atoms with Crippen molar-refractivity contribution in [3.63, 3.8) is 0 Å². The fraction of sp³-hybridized carbons (Fsp3) is 0.318. The molecule has 2 N–H and O–H groups in total. The highest BCUT2D eigenvalue weighted by atomic mass is 31.2. The van der Waals surface area contributed by atoms with Gasteiger partial charge in [0, 0.05) is 61.3 Å². The molecule has 0 unspecified atom stereocenters. The SMILES string of the molecule is CC(C)c1cc(NC(=O)Nc2ccc(Oc3ccnc(Cc4cc(OCCN5CCOCC5)cc(C(F)(F)F)c4)n3)c3ccccc23)n(-c2cccc(CP(C)(C)=O)c2)n1. The minimum absolute atomic E-state index is 0.00220. The molecule has 1 aliphatic heterocycles. The first-order chi connectivity index (χ1) is 28.7. The standard InChI is InChI=1S/C44H47F3N7O5P/c1-29(2)38-27-41(54(52-38)33-9-7-8-30(23-33)28-60(3,4)56)51-43(55)49-37-12-13-39(36-11-6-5-10-35(36)37)59-42-14-15-48-40(50-42)25-31-22-32(44(45,46)47)26-34(24-31)58-21-18-53-16-19-57-20-17-53/h5-15,22-24,26-27,29H,16-21,25,28H2,1-4H3,(H2,49,51,55). The van der Waals surface area contributed by atoms with Crippen LogP contribution in [-0.2, 0) is 28.1 Å². The van der Waals surface area contributed by atoms with E-state index in [4.69, 9.17) is 19.3 Å². The molecule has 1 aliphatic rings. The topological polar surface area (TPSA) is 133 Å². The molecule has 0 radical (unpaired) electrons. The highest BCUT2D eigenvalue weighted by Gasteiger charge is 2.31. The summed E-state index contributed by atoms with van der Waals surface area (Å²) in [6.07, 6.45) is -2.63. The quantitative estimate of drug-likeness (QED) is 0.103. The monoisotopic (exact) mass is 841 g/mol. The van der Waals surface area contributed by atoms with Crippen molar-refractivity contribution in [3.8, 4) is 23.1 Å². The van der Waals surface area contributed by atoms with Crippen LogP contribution in [-0.4, -0.2) is 83.5 Å². The van der Waals surface area contributed by atoms with Crippen LogP contribution in [0.25, 0.3) is 16.5 Å². The van der Waals surface area contributed by atoms with E-state index >= 15 is 0 Å². The molecule has 0 saturated carbocycles. The Labute approximate surface area is 346 Å². The van der Waals surface area contributed by atoms with Gasteiger partial charge in [0.25, 0.3) is 0 Å². The van der Waals surface area contributed by atoms with Crippen molar-refractivity contribution < 1.29 is 36.7 Å². The van der Waals surface area contributed by atoms with Crippen molar-refractivity contribution in [2.75, 3.05) is 63.4 Å². The highest BCUT2D eigenvalue weighted by molar-refractivity contribution is 7.61. The van der Waals surface area contributed by atoms with Crippen molar-refractivity contribution >= 4 is 35.5 Å². The number of hydrogen-bond donors (Lipinski definition) is 2. The molecule has 6 aromatic rings. The van der Waals surface area contributed by atoms with Gasteiger partial charge in [0.05, 0.1) is 43.0 Å². The minimum Gasteiger partial charge on any atom is -0.492 e. The molecule has 1 fully saturated rings. The molecular formula is C44H47F3N7O5P. The zero-order valence-corrected chi connectivity index (χ0v) is 34.7. The summed E-state index contributed by atoms with van der Waals surface area (Å²) < 4.78 is 73.4. The van der Waals surface area contributed by atoms with Gasteiger partial charge in [0.2, 0.25) is 5.88 Å². The molecule has 3 heterocycles. The normalized spacial score (nSPS) is 13.7. The maximum absolute atomic E-state index is 13.9. The number of aromatic nitrogens is 4. The van der Waals surface area contributed by atoms with Gasteiger partial charge in [0.1, 0.15) is 29.7 Å². The Morgan fingerprint density at radius 1 is 0.917 bits per heavy atom. The average Bonchev–Trinajstić information content (AvgIpc) is 3.62. The molecular weight excluding hydrogens is 794 g/mol. The van der Waals surface area contributed by atoms with Crippen LogP contribution < -0.4 is 20.1 Å². The summed E-state index contributed by atoms with van der Waals surface area (Å²) >= 11 is 0.